The topological polar surface area (TPSA) is 23.5 Å². The van der Waals surface area contributed by atoms with Gasteiger partial charge in [0, 0.05) is 30.1 Å². The smallest absolute Gasteiger partial charge is 0.0595 e. The van der Waals surface area contributed by atoms with Gasteiger partial charge < -0.3 is 5.11 Å². The first kappa shape index (κ1) is 9.36. The third-order valence-electron chi connectivity index (χ3n) is 2.15. The molecule has 1 rings (SSSR count). The second kappa shape index (κ2) is 4.33. The maximum absolute atomic E-state index is 9.06. The molecular weight excluding hydrogens is 158 g/mol. The summed E-state index contributed by atoms with van der Waals surface area (Å²) in [4.78, 5) is 2.39. The van der Waals surface area contributed by atoms with Crippen molar-refractivity contribution in [3.05, 3.63) is 0 Å². The Morgan fingerprint density at radius 2 is 2.36 bits per heavy atom. The molecule has 0 saturated carbocycles. The summed E-state index contributed by atoms with van der Waals surface area (Å²) in [6.07, 6.45) is 0. The van der Waals surface area contributed by atoms with Crippen LogP contribution in [0.4, 0.5) is 0 Å². The van der Waals surface area contributed by atoms with Gasteiger partial charge in [0.1, 0.15) is 0 Å². The van der Waals surface area contributed by atoms with E-state index in [1.54, 1.807) is 0 Å². The van der Waals surface area contributed by atoms with Gasteiger partial charge in [-0.2, -0.15) is 11.8 Å². The molecule has 1 heterocycles. The van der Waals surface area contributed by atoms with Crippen LogP contribution in [0.1, 0.15) is 13.8 Å². The van der Waals surface area contributed by atoms with Gasteiger partial charge in [0.2, 0.25) is 0 Å². The van der Waals surface area contributed by atoms with Crippen molar-refractivity contribution in [1.29, 1.82) is 0 Å². The molecule has 0 amide bonds. The highest BCUT2D eigenvalue weighted by Gasteiger charge is 2.23. The summed E-state index contributed by atoms with van der Waals surface area (Å²) in [6.45, 7) is 5.83. The largest absolute Gasteiger partial charge is 0.395 e. The minimum atomic E-state index is 0.311. The van der Waals surface area contributed by atoms with E-state index in [2.05, 4.69) is 18.7 Å². The molecule has 0 aromatic carbocycles. The molecule has 0 bridgehead atoms. The van der Waals surface area contributed by atoms with Gasteiger partial charge in [-0.3, -0.25) is 4.90 Å². The predicted octanol–water partition coefficient (Wildman–Crippen LogP) is 0.804. The van der Waals surface area contributed by atoms with Crippen LogP contribution in [-0.2, 0) is 0 Å². The van der Waals surface area contributed by atoms with Gasteiger partial charge in [0.25, 0.3) is 0 Å². The molecule has 1 saturated heterocycles. The molecular formula is C8H17NOS. The third kappa shape index (κ3) is 2.36. The van der Waals surface area contributed by atoms with Gasteiger partial charge in [-0.05, 0) is 13.8 Å². The van der Waals surface area contributed by atoms with Crippen LogP contribution in [0.2, 0.25) is 0 Å². The zero-order valence-electron chi connectivity index (χ0n) is 7.29. The first-order chi connectivity index (χ1) is 5.25. The van der Waals surface area contributed by atoms with E-state index in [4.69, 9.17) is 5.11 Å². The summed E-state index contributed by atoms with van der Waals surface area (Å²) in [6, 6.07) is 0.974. The lowest BCUT2D eigenvalue weighted by Crippen LogP contribution is -2.48. The lowest BCUT2D eigenvalue weighted by molar-refractivity contribution is 0.112. The second-order valence-electron chi connectivity index (χ2n) is 3.24. The normalized spacial score (nSPS) is 27.8. The average Bonchev–Trinajstić information content (AvgIpc) is 2.04. The Kier molecular flexibility index (Phi) is 3.69. The maximum Gasteiger partial charge on any atom is 0.0595 e. The fourth-order valence-electron chi connectivity index (χ4n) is 1.51. The van der Waals surface area contributed by atoms with Crippen LogP contribution in [0.15, 0.2) is 0 Å². The maximum atomic E-state index is 9.06. The number of thioether (sulfide) groups is 1. The average molecular weight is 175 g/mol. The lowest BCUT2D eigenvalue weighted by Gasteiger charge is -2.37. The van der Waals surface area contributed by atoms with Crippen LogP contribution in [-0.4, -0.2) is 46.7 Å². The molecule has 11 heavy (non-hydrogen) atoms. The monoisotopic (exact) mass is 175 g/mol. The van der Waals surface area contributed by atoms with Crippen molar-refractivity contribution in [3.8, 4) is 0 Å². The van der Waals surface area contributed by atoms with Crippen LogP contribution in [0.5, 0.6) is 0 Å². The molecule has 1 N–H and O–H groups in total. The Balaban J connectivity index is 2.44. The Bertz CT molecular complexity index is 119. The minimum absolute atomic E-state index is 0.311. The van der Waals surface area contributed by atoms with Crippen LogP contribution < -0.4 is 0 Å². The second-order valence-corrected chi connectivity index (χ2v) is 4.39. The number of rotatable bonds is 2. The lowest BCUT2D eigenvalue weighted by atomic mass is 10.2. The molecule has 2 nitrogen and oxygen atoms in total. The summed E-state index contributed by atoms with van der Waals surface area (Å²) in [5.41, 5.74) is 0. The Morgan fingerprint density at radius 1 is 1.64 bits per heavy atom. The zero-order valence-corrected chi connectivity index (χ0v) is 8.10. The van der Waals surface area contributed by atoms with Crippen molar-refractivity contribution in [2.75, 3.05) is 24.7 Å². The summed E-state index contributed by atoms with van der Waals surface area (Å²) < 4.78 is 0. The van der Waals surface area contributed by atoms with Crippen molar-refractivity contribution in [2.45, 2.75) is 25.9 Å². The van der Waals surface area contributed by atoms with E-state index in [-0.39, 0.29) is 0 Å². The van der Waals surface area contributed by atoms with Gasteiger partial charge in [0.05, 0.1) is 6.61 Å². The summed E-state index contributed by atoms with van der Waals surface area (Å²) >= 11 is 1.95. The fraction of sp³-hybridized carbons (Fsp3) is 1.00. The molecule has 66 valence electrons. The van der Waals surface area contributed by atoms with Gasteiger partial charge in [-0.1, -0.05) is 0 Å². The van der Waals surface area contributed by atoms with Crippen LogP contribution >= 0.6 is 11.8 Å². The molecule has 3 heteroatoms. The van der Waals surface area contributed by atoms with Crippen molar-refractivity contribution < 1.29 is 5.11 Å². The number of hydrogen-bond acceptors (Lipinski definition) is 3. The SMILES string of the molecule is CC(C)N1CCSCC1CO. The van der Waals surface area contributed by atoms with E-state index >= 15 is 0 Å². The quantitative estimate of drug-likeness (QED) is 0.671. The molecule has 1 unspecified atom stereocenters. The van der Waals surface area contributed by atoms with Gasteiger partial charge in [0.15, 0.2) is 0 Å². The van der Waals surface area contributed by atoms with Crippen molar-refractivity contribution in [3.63, 3.8) is 0 Å². The van der Waals surface area contributed by atoms with Crippen molar-refractivity contribution in [2.24, 2.45) is 0 Å². The molecule has 0 spiro atoms. The minimum Gasteiger partial charge on any atom is -0.395 e. The van der Waals surface area contributed by atoms with Crippen molar-refractivity contribution >= 4 is 11.8 Å². The number of nitrogens with zero attached hydrogens (tertiary/aromatic N) is 1. The van der Waals surface area contributed by atoms with E-state index in [9.17, 15) is 0 Å². The zero-order chi connectivity index (χ0) is 8.27. The molecule has 0 aromatic rings. The standard InChI is InChI=1S/C8H17NOS/c1-7(2)9-3-4-11-6-8(9)5-10/h7-8,10H,3-6H2,1-2H3. The number of aliphatic hydroxyl groups is 1. The molecule has 0 radical (unpaired) electrons. The molecule has 1 fully saturated rings. The van der Waals surface area contributed by atoms with Crippen molar-refractivity contribution in [1.82, 2.24) is 4.90 Å². The Hall–Kier alpha value is 0.270. The Morgan fingerprint density at radius 3 is 2.82 bits per heavy atom. The summed E-state index contributed by atoms with van der Waals surface area (Å²) in [5, 5.41) is 9.06. The first-order valence-corrected chi connectivity index (χ1v) is 5.35. The van der Waals surface area contributed by atoms with Gasteiger partial charge in [-0.15, -0.1) is 0 Å². The fourth-order valence-corrected chi connectivity index (χ4v) is 2.58. The van der Waals surface area contributed by atoms with E-state index in [0.29, 0.717) is 18.7 Å². The third-order valence-corrected chi connectivity index (χ3v) is 3.24. The highest BCUT2D eigenvalue weighted by molar-refractivity contribution is 7.99. The number of aliphatic hydroxyl groups excluding tert-OH is 1. The first-order valence-electron chi connectivity index (χ1n) is 4.20. The summed E-state index contributed by atoms with van der Waals surface area (Å²) in [7, 11) is 0. The van der Waals surface area contributed by atoms with E-state index in [1.165, 1.54) is 5.75 Å². The molecule has 0 aromatic heterocycles. The predicted molar refractivity (Wildman–Crippen MR) is 50.0 cm³/mol. The van der Waals surface area contributed by atoms with Gasteiger partial charge >= 0.3 is 0 Å². The molecule has 1 atom stereocenters. The van der Waals surface area contributed by atoms with Crippen LogP contribution in [0, 0.1) is 0 Å². The Labute approximate surface area is 73.0 Å². The molecule has 0 aliphatic carbocycles. The van der Waals surface area contributed by atoms with Gasteiger partial charge in [-0.25, -0.2) is 0 Å². The number of hydrogen-bond donors (Lipinski definition) is 1. The highest BCUT2D eigenvalue weighted by atomic mass is 32.2. The molecule has 1 aliphatic rings. The summed E-state index contributed by atoms with van der Waals surface area (Å²) in [5.74, 6) is 2.31. The van der Waals surface area contributed by atoms with Crippen LogP contribution in [0.25, 0.3) is 0 Å². The highest BCUT2D eigenvalue weighted by Crippen LogP contribution is 2.17. The molecule has 1 aliphatic heterocycles. The van der Waals surface area contributed by atoms with E-state index < -0.39 is 0 Å². The van der Waals surface area contributed by atoms with E-state index in [0.717, 1.165) is 12.3 Å². The van der Waals surface area contributed by atoms with E-state index in [1.807, 2.05) is 11.8 Å². The van der Waals surface area contributed by atoms with Crippen LogP contribution in [0.3, 0.4) is 0 Å².